The zero-order chi connectivity index (χ0) is 11.5. The SMILES string of the molecule is Cc1nc2ccc(NCC(O)CO)cc2[nH]1. The minimum absolute atomic E-state index is 0.238. The summed E-state index contributed by atoms with van der Waals surface area (Å²) in [6, 6.07) is 5.73. The average molecular weight is 221 g/mol. The van der Waals surface area contributed by atoms with Crippen LogP contribution in [0.2, 0.25) is 0 Å². The van der Waals surface area contributed by atoms with Crippen molar-refractivity contribution in [1.82, 2.24) is 9.97 Å². The van der Waals surface area contributed by atoms with Gasteiger partial charge in [0, 0.05) is 12.2 Å². The molecule has 0 fully saturated rings. The summed E-state index contributed by atoms with van der Waals surface area (Å²) in [7, 11) is 0. The van der Waals surface area contributed by atoms with Crippen LogP contribution in [0, 0.1) is 6.92 Å². The molecule has 0 bridgehead atoms. The summed E-state index contributed by atoms with van der Waals surface area (Å²) in [5, 5.41) is 20.9. The maximum absolute atomic E-state index is 9.20. The number of aliphatic hydroxyl groups excluding tert-OH is 2. The van der Waals surface area contributed by atoms with Crippen molar-refractivity contribution in [3.63, 3.8) is 0 Å². The summed E-state index contributed by atoms with van der Waals surface area (Å²) in [6.07, 6.45) is -0.737. The number of aromatic nitrogens is 2. The topological polar surface area (TPSA) is 81.2 Å². The van der Waals surface area contributed by atoms with E-state index in [1.54, 1.807) is 0 Å². The molecule has 5 heteroatoms. The molecule has 1 aromatic carbocycles. The fourth-order valence-electron chi connectivity index (χ4n) is 1.55. The molecule has 0 saturated heterocycles. The Morgan fingerprint density at radius 1 is 1.50 bits per heavy atom. The summed E-state index contributed by atoms with van der Waals surface area (Å²) in [6.45, 7) is 2.00. The highest BCUT2D eigenvalue weighted by molar-refractivity contribution is 5.79. The van der Waals surface area contributed by atoms with Crippen molar-refractivity contribution in [2.75, 3.05) is 18.5 Å². The molecule has 2 aromatic rings. The number of aliphatic hydroxyl groups is 2. The average Bonchev–Trinajstić information content (AvgIpc) is 2.65. The number of fused-ring (bicyclic) bond motifs is 1. The molecule has 0 aliphatic heterocycles. The van der Waals surface area contributed by atoms with Crippen LogP contribution in [-0.4, -0.2) is 39.4 Å². The highest BCUT2D eigenvalue weighted by Crippen LogP contribution is 2.16. The number of benzene rings is 1. The number of hydrogen-bond donors (Lipinski definition) is 4. The van der Waals surface area contributed by atoms with Crippen molar-refractivity contribution >= 4 is 16.7 Å². The van der Waals surface area contributed by atoms with Crippen LogP contribution in [0.15, 0.2) is 18.2 Å². The van der Waals surface area contributed by atoms with Crippen LogP contribution in [0.5, 0.6) is 0 Å². The number of anilines is 1. The van der Waals surface area contributed by atoms with Gasteiger partial charge in [-0.25, -0.2) is 4.98 Å². The predicted octanol–water partition coefficient (Wildman–Crippen LogP) is 0.636. The highest BCUT2D eigenvalue weighted by Gasteiger charge is 2.03. The van der Waals surface area contributed by atoms with Crippen molar-refractivity contribution in [1.29, 1.82) is 0 Å². The first-order valence-electron chi connectivity index (χ1n) is 5.18. The zero-order valence-corrected chi connectivity index (χ0v) is 9.07. The smallest absolute Gasteiger partial charge is 0.104 e. The minimum Gasteiger partial charge on any atom is -0.394 e. The van der Waals surface area contributed by atoms with Gasteiger partial charge in [-0.2, -0.15) is 0 Å². The molecule has 1 heterocycles. The third-order valence-electron chi connectivity index (χ3n) is 2.35. The molecule has 16 heavy (non-hydrogen) atoms. The van der Waals surface area contributed by atoms with E-state index in [0.717, 1.165) is 22.5 Å². The number of aromatic amines is 1. The van der Waals surface area contributed by atoms with E-state index in [2.05, 4.69) is 15.3 Å². The molecule has 4 N–H and O–H groups in total. The van der Waals surface area contributed by atoms with Crippen LogP contribution in [0.4, 0.5) is 5.69 Å². The predicted molar refractivity (Wildman–Crippen MR) is 62.4 cm³/mol. The van der Waals surface area contributed by atoms with Gasteiger partial charge >= 0.3 is 0 Å². The van der Waals surface area contributed by atoms with E-state index in [1.165, 1.54) is 0 Å². The van der Waals surface area contributed by atoms with E-state index in [9.17, 15) is 5.11 Å². The van der Waals surface area contributed by atoms with Crippen LogP contribution >= 0.6 is 0 Å². The van der Waals surface area contributed by atoms with Gasteiger partial charge in [-0.3, -0.25) is 0 Å². The van der Waals surface area contributed by atoms with Crippen LogP contribution in [0.25, 0.3) is 11.0 Å². The highest BCUT2D eigenvalue weighted by atomic mass is 16.3. The second-order valence-electron chi connectivity index (χ2n) is 3.77. The Morgan fingerprint density at radius 3 is 3.06 bits per heavy atom. The molecule has 0 saturated carbocycles. The molecule has 2 rings (SSSR count). The Bertz CT molecular complexity index is 481. The minimum atomic E-state index is -0.737. The normalized spacial score (nSPS) is 12.9. The third-order valence-corrected chi connectivity index (χ3v) is 2.35. The lowest BCUT2D eigenvalue weighted by atomic mass is 10.2. The second-order valence-corrected chi connectivity index (χ2v) is 3.77. The van der Waals surface area contributed by atoms with E-state index < -0.39 is 6.10 Å². The van der Waals surface area contributed by atoms with E-state index in [1.807, 2.05) is 25.1 Å². The Morgan fingerprint density at radius 2 is 2.31 bits per heavy atom. The van der Waals surface area contributed by atoms with Gasteiger partial charge in [-0.05, 0) is 25.1 Å². The van der Waals surface area contributed by atoms with E-state index in [0.29, 0.717) is 6.54 Å². The van der Waals surface area contributed by atoms with Crippen molar-refractivity contribution in [3.05, 3.63) is 24.0 Å². The van der Waals surface area contributed by atoms with Gasteiger partial charge in [0.15, 0.2) is 0 Å². The van der Waals surface area contributed by atoms with Crippen molar-refractivity contribution in [3.8, 4) is 0 Å². The fraction of sp³-hybridized carbons (Fsp3) is 0.364. The van der Waals surface area contributed by atoms with Crippen molar-refractivity contribution < 1.29 is 10.2 Å². The summed E-state index contributed by atoms with van der Waals surface area (Å²) in [5.41, 5.74) is 2.77. The van der Waals surface area contributed by atoms with E-state index in [-0.39, 0.29) is 6.61 Å². The fourth-order valence-corrected chi connectivity index (χ4v) is 1.55. The Kier molecular flexibility index (Phi) is 3.07. The lowest BCUT2D eigenvalue weighted by molar-refractivity contribution is 0.105. The van der Waals surface area contributed by atoms with Crippen molar-refractivity contribution in [2.24, 2.45) is 0 Å². The lowest BCUT2D eigenvalue weighted by Gasteiger charge is -2.09. The molecular formula is C11H15N3O2. The van der Waals surface area contributed by atoms with Crippen LogP contribution in [0.1, 0.15) is 5.82 Å². The Balaban J connectivity index is 2.13. The molecule has 0 spiro atoms. The van der Waals surface area contributed by atoms with Gasteiger partial charge in [-0.15, -0.1) is 0 Å². The number of H-pyrrole nitrogens is 1. The molecule has 1 atom stereocenters. The molecule has 0 aliphatic rings. The van der Waals surface area contributed by atoms with Gasteiger partial charge in [0.05, 0.1) is 23.7 Å². The number of aryl methyl sites for hydroxylation is 1. The van der Waals surface area contributed by atoms with Gasteiger partial charge in [0.2, 0.25) is 0 Å². The third kappa shape index (κ3) is 2.32. The van der Waals surface area contributed by atoms with Gasteiger partial charge in [0.25, 0.3) is 0 Å². The largest absolute Gasteiger partial charge is 0.394 e. The van der Waals surface area contributed by atoms with Gasteiger partial charge in [0.1, 0.15) is 5.82 Å². The number of hydrogen-bond acceptors (Lipinski definition) is 4. The van der Waals surface area contributed by atoms with Crippen molar-refractivity contribution in [2.45, 2.75) is 13.0 Å². The van der Waals surface area contributed by atoms with Gasteiger partial charge < -0.3 is 20.5 Å². The summed E-state index contributed by atoms with van der Waals surface area (Å²) in [4.78, 5) is 7.43. The molecule has 1 unspecified atom stereocenters. The quantitative estimate of drug-likeness (QED) is 0.610. The molecular weight excluding hydrogens is 206 g/mol. The molecule has 1 aromatic heterocycles. The number of imidazole rings is 1. The Labute approximate surface area is 93.1 Å². The molecule has 0 radical (unpaired) electrons. The summed E-state index contributed by atoms with van der Waals surface area (Å²) in [5.74, 6) is 0.877. The maximum Gasteiger partial charge on any atom is 0.104 e. The monoisotopic (exact) mass is 221 g/mol. The first-order chi connectivity index (χ1) is 7.69. The summed E-state index contributed by atoms with van der Waals surface area (Å²) < 4.78 is 0. The van der Waals surface area contributed by atoms with E-state index in [4.69, 9.17) is 5.11 Å². The summed E-state index contributed by atoms with van der Waals surface area (Å²) >= 11 is 0. The molecule has 0 aliphatic carbocycles. The number of nitrogens with one attached hydrogen (secondary N) is 2. The van der Waals surface area contributed by atoms with E-state index >= 15 is 0 Å². The Hall–Kier alpha value is -1.59. The second kappa shape index (κ2) is 4.51. The lowest BCUT2D eigenvalue weighted by Crippen LogP contribution is -2.22. The zero-order valence-electron chi connectivity index (χ0n) is 9.07. The molecule has 5 nitrogen and oxygen atoms in total. The first-order valence-corrected chi connectivity index (χ1v) is 5.18. The number of rotatable bonds is 4. The van der Waals surface area contributed by atoms with Crippen LogP contribution in [0.3, 0.4) is 0 Å². The standard InChI is InChI=1S/C11H15N3O2/c1-7-13-10-3-2-8(4-11(10)14-7)12-5-9(16)6-15/h2-4,9,12,15-16H,5-6H2,1H3,(H,13,14). The van der Waals surface area contributed by atoms with Crippen LogP contribution < -0.4 is 5.32 Å². The number of nitrogens with zero attached hydrogens (tertiary/aromatic N) is 1. The van der Waals surface area contributed by atoms with Gasteiger partial charge in [-0.1, -0.05) is 0 Å². The molecule has 86 valence electrons. The maximum atomic E-state index is 9.20. The first kappa shape index (κ1) is 10.9. The van der Waals surface area contributed by atoms with Crippen LogP contribution in [-0.2, 0) is 0 Å². The molecule has 0 amide bonds.